The predicted octanol–water partition coefficient (Wildman–Crippen LogP) is 2.52. The maximum Gasteiger partial charge on any atom is 0.272 e. The van der Waals surface area contributed by atoms with Gasteiger partial charge >= 0.3 is 0 Å². The number of hydrogen-bond donors (Lipinski definition) is 2. The zero-order valence-corrected chi connectivity index (χ0v) is 11.1. The molecule has 2 rings (SSSR count). The van der Waals surface area contributed by atoms with Crippen molar-refractivity contribution in [3.63, 3.8) is 0 Å². The first kappa shape index (κ1) is 13.3. The molecule has 0 bridgehead atoms. The van der Waals surface area contributed by atoms with Gasteiger partial charge in [-0.25, -0.2) is 4.39 Å². The van der Waals surface area contributed by atoms with E-state index in [-0.39, 0.29) is 11.7 Å². The van der Waals surface area contributed by atoms with E-state index in [0.29, 0.717) is 11.3 Å². The summed E-state index contributed by atoms with van der Waals surface area (Å²) in [7, 11) is 0. The summed E-state index contributed by atoms with van der Waals surface area (Å²) < 4.78 is 13.8. The normalized spacial score (nSPS) is 11.4. The van der Waals surface area contributed by atoms with E-state index >= 15 is 0 Å². The lowest BCUT2D eigenvalue weighted by molar-refractivity contribution is 0.0905. The molecule has 0 aliphatic rings. The van der Waals surface area contributed by atoms with Crippen LogP contribution in [0.1, 0.15) is 35.6 Å². The number of aromatic amines is 1. The molecule has 0 spiro atoms. The molecule has 0 aliphatic carbocycles. The molecule has 0 saturated heterocycles. The molecule has 4 nitrogen and oxygen atoms in total. The lowest BCUT2D eigenvalue weighted by Crippen LogP contribution is -2.41. The second-order valence-electron chi connectivity index (χ2n) is 5.00. The molecule has 100 valence electrons. The summed E-state index contributed by atoms with van der Waals surface area (Å²) in [6.45, 7) is 5.32. The van der Waals surface area contributed by atoms with Crippen LogP contribution in [0.25, 0.3) is 0 Å². The molecular weight excluding hydrogens is 245 g/mol. The monoisotopic (exact) mass is 261 g/mol. The van der Waals surface area contributed by atoms with Crippen molar-refractivity contribution >= 4 is 5.91 Å². The summed E-state index contributed by atoms with van der Waals surface area (Å²) >= 11 is 0. The highest BCUT2D eigenvalue weighted by atomic mass is 19.1. The van der Waals surface area contributed by atoms with Crippen LogP contribution in [0.2, 0.25) is 0 Å². The average molecular weight is 261 g/mol. The van der Waals surface area contributed by atoms with E-state index in [1.54, 1.807) is 38.1 Å². The summed E-state index contributed by atoms with van der Waals surface area (Å²) in [5, 5.41) is 9.37. The van der Waals surface area contributed by atoms with E-state index in [1.807, 2.05) is 6.92 Å². The fraction of sp³-hybridized carbons (Fsp3) is 0.286. The Labute approximate surface area is 111 Å². The van der Waals surface area contributed by atoms with Crippen LogP contribution in [0, 0.1) is 12.7 Å². The Bertz CT molecular complexity index is 604. The minimum Gasteiger partial charge on any atom is -0.342 e. The molecule has 19 heavy (non-hydrogen) atoms. The Balaban J connectivity index is 2.22. The maximum atomic E-state index is 13.8. The third-order valence-electron chi connectivity index (χ3n) is 2.91. The summed E-state index contributed by atoms with van der Waals surface area (Å²) in [5.74, 6) is -0.677. The van der Waals surface area contributed by atoms with Gasteiger partial charge in [0.05, 0.1) is 5.54 Å². The van der Waals surface area contributed by atoms with E-state index in [2.05, 4.69) is 15.5 Å². The maximum absolute atomic E-state index is 13.8. The molecule has 5 heteroatoms. The molecule has 1 aromatic heterocycles. The first-order valence-corrected chi connectivity index (χ1v) is 6.00. The number of nitrogens with one attached hydrogen (secondary N) is 2. The van der Waals surface area contributed by atoms with Crippen LogP contribution in [0.5, 0.6) is 0 Å². The number of carbonyl (C=O) groups is 1. The van der Waals surface area contributed by atoms with Gasteiger partial charge in [-0.3, -0.25) is 9.89 Å². The Morgan fingerprint density at radius 1 is 1.37 bits per heavy atom. The van der Waals surface area contributed by atoms with Gasteiger partial charge in [-0.2, -0.15) is 5.10 Å². The summed E-state index contributed by atoms with van der Waals surface area (Å²) in [6, 6.07) is 8.04. The minimum absolute atomic E-state index is 0.293. The predicted molar refractivity (Wildman–Crippen MR) is 70.2 cm³/mol. The van der Waals surface area contributed by atoms with Gasteiger partial charge in [0.25, 0.3) is 5.91 Å². The van der Waals surface area contributed by atoms with Crippen molar-refractivity contribution in [3.05, 3.63) is 53.1 Å². The van der Waals surface area contributed by atoms with Crippen molar-refractivity contribution in [1.29, 1.82) is 0 Å². The van der Waals surface area contributed by atoms with Crippen LogP contribution >= 0.6 is 0 Å². The lowest BCUT2D eigenvalue weighted by Gasteiger charge is -2.26. The molecule has 2 aromatic rings. The van der Waals surface area contributed by atoms with Crippen molar-refractivity contribution in [3.8, 4) is 0 Å². The molecule has 0 atom stereocenters. The van der Waals surface area contributed by atoms with E-state index in [4.69, 9.17) is 0 Å². The number of carbonyl (C=O) groups excluding carboxylic acids is 1. The molecule has 0 fully saturated rings. The van der Waals surface area contributed by atoms with Crippen molar-refractivity contribution in [2.75, 3.05) is 0 Å². The SMILES string of the molecule is Cc1cc(C(=O)NC(C)(C)c2ccccc2F)n[nH]1. The van der Waals surface area contributed by atoms with Crippen LogP contribution in [-0.2, 0) is 5.54 Å². The Hall–Kier alpha value is -2.17. The number of halogens is 1. The smallest absolute Gasteiger partial charge is 0.272 e. The molecule has 2 N–H and O–H groups in total. The number of benzene rings is 1. The standard InChI is InChI=1S/C14H16FN3O/c1-9-8-12(18-17-9)13(19)16-14(2,3)10-6-4-5-7-11(10)15/h4-8H,1-3H3,(H,16,19)(H,17,18). The number of H-pyrrole nitrogens is 1. The van der Waals surface area contributed by atoms with Gasteiger partial charge in [-0.15, -0.1) is 0 Å². The highest BCUT2D eigenvalue weighted by molar-refractivity contribution is 5.92. The Morgan fingerprint density at radius 2 is 2.05 bits per heavy atom. The van der Waals surface area contributed by atoms with Crippen molar-refractivity contribution in [1.82, 2.24) is 15.5 Å². The fourth-order valence-corrected chi connectivity index (χ4v) is 1.92. The van der Waals surface area contributed by atoms with Crippen LogP contribution < -0.4 is 5.32 Å². The number of rotatable bonds is 3. The number of aryl methyl sites for hydroxylation is 1. The molecule has 0 saturated carbocycles. The first-order chi connectivity index (χ1) is 8.90. The van der Waals surface area contributed by atoms with Crippen molar-refractivity contribution in [2.45, 2.75) is 26.3 Å². The zero-order valence-electron chi connectivity index (χ0n) is 11.1. The van der Waals surface area contributed by atoms with Gasteiger partial charge < -0.3 is 5.32 Å². The molecule has 0 unspecified atom stereocenters. The number of amides is 1. The molecule has 1 heterocycles. The molecule has 0 radical (unpaired) electrons. The summed E-state index contributed by atoms with van der Waals surface area (Å²) in [4.78, 5) is 12.0. The Kier molecular flexibility index (Phi) is 3.38. The van der Waals surface area contributed by atoms with E-state index in [1.165, 1.54) is 6.07 Å². The van der Waals surface area contributed by atoms with Gasteiger partial charge in [0.15, 0.2) is 0 Å². The first-order valence-electron chi connectivity index (χ1n) is 6.00. The zero-order chi connectivity index (χ0) is 14.0. The fourth-order valence-electron chi connectivity index (χ4n) is 1.92. The molecule has 1 amide bonds. The van der Waals surface area contributed by atoms with Crippen LogP contribution in [0.3, 0.4) is 0 Å². The van der Waals surface area contributed by atoms with E-state index < -0.39 is 5.54 Å². The summed E-state index contributed by atoms with van der Waals surface area (Å²) in [6.07, 6.45) is 0. The third kappa shape index (κ3) is 2.81. The van der Waals surface area contributed by atoms with E-state index in [9.17, 15) is 9.18 Å². The molecule has 1 aromatic carbocycles. The third-order valence-corrected chi connectivity index (χ3v) is 2.91. The largest absolute Gasteiger partial charge is 0.342 e. The van der Waals surface area contributed by atoms with Gasteiger partial charge in [-0.05, 0) is 32.9 Å². The minimum atomic E-state index is -0.810. The van der Waals surface area contributed by atoms with Crippen LogP contribution in [0.15, 0.2) is 30.3 Å². The van der Waals surface area contributed by atoms with Crippen LogP contribution in [-0.4, -0.2) is 16.1 Å². The van der Waals surface area contributed by atoms with Crippen LogP contribution in [0.4, 0.5) is 4.39 Å². The number of hydrogen-bond acceptors (Lipinski definition) is 2. The van der Waals surface area contributed by atoms with E-state index in [0.717, 1.165) is 5.69 Å². The average Bonchev–Trinajstić information content (AvgIpc) is 2.76. The second kappa shape index (κ2) is 4.84. The van der Waals surface area contributed by atoms with Crippen molar-refractivity contribution < 1.29 is 9.18 Å². The molecule has 0 aliphatic heterocycles. The van der Waals surface area contributed by atoms with Gasteiger partial charge in [-0.1, -0.05) is 18.2 Å². The topological polar surface area (TPSA) is 57.8 Å². The second-order valence-corrected chi connectivity index (χ2v) is 5.00. The Morgan fingerprint density at radius 3 is 2.63 bits per heavy atom. The number of nitrogens with zero attached hydrogens (tertiary/aromatic N) is 1. The van der Waals surface area contributed by atoms with Gasteiger partial charge in [0.2, 0.25) is 0 Å². The highest BCUT2D eigenvalue weighted by Crippen LogP contribution is 2.23. The lowest BCUT2D eigenvalue weighted by atomic mass is 9.93. The van der Waals surface area contributed by atoms with Gasteiger partial charge in [0, 0.05) is 11.3 Å². The number of aromatic nitrogens is 2. The molecular formula is C14H16FN3O. The van der Waals surface area contributed by atoms with Crippen molar-refractivity contribution in [2.24, 2.45) is 0 Å². The quantitative estimate of drug-likeness (QED) is 0.892. The van der Waals surface area contributed by atoms with Gasteiger partial charge in [0.1, 0.15) is 11.5 Å². The highest BCUT2D eigenvalue weighted by Gasteiger charge is 2.26. The summed E-state index contributed by atoms with van der Waals surface area (Å²) in [5.41, 5.74) is 0.723.